The molecule has 1 fully saturated rings. The molecule has 0 saturated carbocycles. The lowest BCUT2D eigenvalue weighted by molar-refractivity contribution is -0.0354. The van der Waals surface area contributed by atoms with Gasteiger partial charge in [-0.3, -0.25) is 4.90 Å². The monoisotopic (exact) mass is 284 g/mol. The van der Waals surface area contributed by atoms with Crippen LogP contribution in [0.4, 0.5) is 0 Å². The predicted octanol–water partition coefficient (Wildman–Crippen LogP) is 3.29. The van der Waals surface area contributed by atoms with E-state index in [9.17, 15) is 0 Å². The van der Waals surface area contributed by atoms with Crippen LogP contribution in [0.25, 0.3) is 0 Å². The van der Waals surface area contributed by atoms with Crippen molar-refractivity contribution >= 4 is 0 Å². The highest BCUT2D eigenvalue weighted by atomic mass is 16.5. The average Bonchev–Trinajstić information content (AvgIpc) is 2.51. The summed E-state index contributed by atoms with van der Waals surface area (Å²) >= 11 is 0. The Morgan fingerprint density at radius 3 is 2.15 bits per heavy atom. The van der Waals surface area contributed by atoms with Gasteiger partial charge >= 0.3 is 0 Å². The molecule has 0 bridgehead atoms. The zero-order valence-electron chi connectivity index (χ0n) is 14.4. The topological polar surface area (TPSA) is 24.5 Å². The second kappa shape index (κ2) is 9.01. The Morgan fingerprint density at radius 2 is 1.70 bits per heavy atom. The highest BCUT2D eigenvalue weighted by molar-refractivity contribution is 4.97. The molecule has 2 unspecified atom stereocenters. The number of nitrogens with zero attached hydrogens (tertiary/aromatic N) is 1. The summed E-state index contributed by atoms with van der Waals surface area (Å²) in [7, 11) is 0. The third-order valence-electron chi connectivity index (χ3n) is 5.37. The molecule has 1 aliphatic heterocycles. The maximum atomic E-state index is 5.54. The van der Waals surface area contributed by atoms with Gasteiger partial charge in [0.15, 0.2) is 0 Å². The smallest absolute Gasteiger partial charge is 0.0594 e. The molecule has 120 valence electrons. The van der Waals surface area contributed by atoms with Crippen molar-refractivity contribution < 1.29 is 4.74 Å². The molecular weight excluding hydrogens is 248 g/mol. The lowest BCUT2D eigenvalue weighted by atomic mass is 9.80. The Balaban J connectivity index is 2.81. The maximum Gasteiger partial charge on any atom is 0.0594 e. The molecule has 20 heavy (non-hydrogen) atoms. The van der Waals surface area contributed by atoms with E-state index in [1.165, 1.54) is 25.7 Å². The molecule has 3 nitrogen and oxygen atoms in total. The molecule has 0 amide bonds. The minimum Gasteiger partial charge on any atom is -0.379 e. The second-order valence-corrected chi connectivity index (χ2v) is 6.34. The first-order valence-electron chi connectivity index (χ1n) is 8.68. The molecule has 0 aromatic carbocycles. The van der Waals surface area contributed by atoms with E-state index < -0.39 is 0 Å². The van der Waals surface area contributed by atoms with E-state index in [4.69, 9.17) is 4.74 Å². The fourth-order valence-electron chi connectivity index (χ4n) is 3.52. The summed E-state index contributed by atoms with van der Waals surface area (Å²) < 4.78 is 5.54. The largest absolute Gasteiger partial charge is 0.379 e. The molecule has 0 radical (unpaired) electrons. The number of hydrogen-bond donors (Lipinski definition) is 1. The van der Waals surface area contributed by atoms with Gasteiger partial charge in [-0.25, -0.2) is 0 Å². The van der Waals surface area contributed by atoms with Crippen molar-refractivity contribution in [3.63, 3.8) is 0 Å². The zero-order chi connectivity index (χ0) is 15.0. The summed E-state index contributed by atoms with van der Waals surface area (Å²) in [5, 5.41) is 3.79. The number of likely N-dealkylation sites (N-methyl/N-ethyl adjacent to an activating group) is 1. The van der Waals surface area contributed by atoms with Gasteiger partial charge in [0.05, 0.1) is 13.2 Å². The third-order valence-corrected chi connectivity index (χ3v) is 5.37. The standard InChI is InChI=1S/C17H36N2O/c1-6-15(7-2)14-16(18-9-4)17(5,8-3)19-10-12-20-13-11-19/h15-16,18H,6-14H2,1-5H3. The first-order chi connectivity index (χ1) is 9.62. The molecule has 0 aliphatic carbocycles. The lowest BCUT2D eigenvalue weighted by Gasteiger charge is -2.49. The molecule has 1 saturated heterocycles. The molecule has 1 N–H and O–H groups in total. The molecule has 0 aromatic heterocycles. The summed E-state index contributed by atoms with van der Waals surface area (Å²) in [4.78, 5) is 2.66. The van der Waals surface area contributed by atoms with Gasteiger partial charge in [-0.1, -0.05) is 40.5 Å². The van der Waals surface area contributed by atoms with E-state index in [-0.39, 0.29) is 5.54 Å². The summed E-state index contributed by atoms with van der Waals surface area (Å²) in [6.07, 6.45) is 5.08. The van der Waals surface area contributed by atoms with Gasteiger partial charge in [-0.05, 0) is 32.2 Å². The fourth-order valence-corrected chi connectivity index (χ4v) is 3.52. The van der Waals surface area contributed by atoms with Crippen molar-refractivity contribution in [3.05, 3.63) is 0 Å². The molecule has 1 rings (SSSR count). The van der Waals surface area contributed by atoms with Gasteiger partial charge in [-0.2, -0.15) is 0 Å². The van der Waals surface area contributed by atoms with Gasteiger partial charge in [0.2, 0.25) is 0 Å². The van der Waals surface area contributed by atoms with Crippen LogP contribution in [0.1, 0.15) is 60.3 Å². The minimum atomic E-state index is 0.252. The highest BCUT2D eigenvalue weighted by Gasteiger charge is 2.39. The van der Waals surface area contributed by atoms with E-state index in [0.29, 0.717) is 6.04 Å². The number of rotatable bonds is 9. The van der Waals surface area contributed by atoms with Gasteiger partial charge in [-0.15, -0.1) is 0 Å². The first kappa shape index (κ1) is 17.9. The first-order valence-corrected chi connectivity index (χ1v) is 8.68. The summed E-state index contributed by atoms with van der Waals surface area (Å²) in [6, 6.07) is 0.584. The van der Waals surface area contributed by atoms with Crippen molar-refractivity contribution in [2.45, 2.75) is 71.9 Å². The van der Waals surface area contributed by atoms with Crippen molar-refractivity contribution in [1.29, 1.82) is 0 Å². The summed E-state index contributed by atoms with van der Waals surface area (Å²) in [6.45, 7) is 16.7. The van der Waals surface area contributed by atoms with Crippen molar-refractivity contribution in [2.24, 2.45) is 5.92 Å². The van der Waals surface area contributed by atoms with Crippen LogP contribution < -0.4 is 5.32 Å². The number of morpholine rings is 1. The van der Waals surface area contributed by atoms with E-state index in [0.717, 1.165) is 38.8 Å². The number of nitrogens with one attached hydrogen (secondary N) is 1. The van der Waals surface area contributed by atoms with Crippen LogP contribution in [0.15, 0.2) is 0 Å². The molecule has 0 aromatic rings. The molecule has 2 atom stereocenters. The van der Waals surface area contributed by atoms with Crippen LogP contribution in [0.5, 0.6) is 0 Å². The Morgan fingerprint density at radius 1 is 1.10 bits per heavy atom. The van der Waals surface area contributed by atoms with E-state index in [1.54, 1.807) is 0 Å². The second-order valence-electron chi connectivity index (χ2n) is 6.34. The maximum absolute atomic E-state index is 5.54. The van der Waals surface area contributed by atoms with Gasteiger partial charge in [0.1, 0.15) is 0 Å². The van der Waals surface area contributed by atoms with Crippen molar-refractivity contribution in [2.75, 3.05) is 32.8 Å². The van der Waals surface area contributed by atoms with Crippen LogP contribution in [-0.2, 0) is 4.74 Å². The number of hydrogen-bond acceptors (Lipinski definition) is 3. The van der Waals surface area contributed by atoms with Gasteiger partial charge in [0, 0.05) is 24.7 Å². The van der Waals surface area contributed by atoms with Gasteiger partial charge < -0.3 is 10.1 Å². The predicted molar refractivity (Wildman–Crippen MR) is 87.2 cm³/mol. The summed E-state index contributed by atoms with van der Waals surface area (Å²) in [5.74, 6) is 0.839. The lowest BCUT2D eigenvalue weighted by Crippen LogP contribution is -2.62. The average molecular weight is 284 g/mol. The Bertz CT molecular complexity index is 249. The quantitative estimate of drug-likeness (QED) is 0.703. The summed E-state index contributed by atoms with van der Waals surface area (Å²) in [5.41, 5.74) is 0.252. The molecule has 1 aliphatic rings. The zero-order valence-corrected chi connectivity index (χ0v) is 14.4. The van der Waals surface area contributed by atoms with Crippen LogP contribution in [0, 0.1) is 5.92 Å². The molecule has 3 heteroatoms. The van der Waals surface area contributed by atoms with Crippen LogP contribution >= 0.6 is 0 Å². The Kier molecular flexibility index (Phi) is 8.08. The minimum absolute atomic E-state index is 0.252. The molecule has 0 spiro atoms. The van der Waals surface area contributed by atoms with Crippen molar-refractivity contribution in [1.82, 2.24) is 10.2 Å². The van der Waals surface area contributed by atoms with Crippen LogP contribution in [0.2, 0.25) is 0 Å². The third kappa shape index (κ3) is 4.44. The number of ether oxygens (including phenoxy) is 1. The fraction of sp³-hybridized carbons (Fsp3) is 1.00. The molecular formula is C17H36N2O. The van der Waals surface area contributed by atoms with E-state index >= 15 is 0 Å². The normalized spacial score (nSPS) is 21.9. The van der Waals surface area contributed by atoms with E-state index in [2.05, 4.69) is 44.8 Å². The van der Waals surface area contributed by atoms with Crippen molar-refractivity contribution in [3.8, 4) is 0 Å². The van der Waals surface area contributed by atoms with Crippen LogP contribution in [0.3, 0.4) is 0 Å². The molecule has 1 heterocycles. The Hall–Kier alpha value is -0.120. The van der Waals surface area contributed by atoms with E-state index in [1.807, 2.05) is 0 Å². The van der Waals surface area contributed by atoms with Gasteiger partial charge in [0.25, 0.3) is 0 Å². The SMILES string of the molecule is CCNC(CC(CC)CC)C(C)(CC)N1CCOCC1. The Labute approximate surface area is 126 Å². The highest BCUT2D eigenvalue weighted by Crippen LogP contribution is 2.30. The van der Waals surface area contributed by atoms with Crippen LogP contribution in [-0.4, -0.2) is 49.3 Å².